The average Bonchev–Trinajstić information content (AvgIpc) is 2.33. The molecule has 1 aliphatic carbocycles. The van der Waals surface area contributed by atoms with E-state index in [0.717, 1.165) is 18.4 Å². The molecule has 2 heteroatoms. The van der Waals surface area contributed by atoms with Crippen molar-refractivity contribution in [1.82, 2.24) is 0 Å². The maximum Gasteiger partial charge on any atom is 0.123 e. The van der Waals surface area contributed by atoms with Gasteiger partial charge in [0.1, 0.15) is 5.82 Å². The van der Waals surface area contributed by atoms with E-state index in [4.69, 9.17) is 0 Å². The molecule has 0 saturated heterocycles. The molecule has 1 fully saturated rings. The molecule has 0 radical (unpaired) electrons. The molecule has 16 heavy (non-hydrogen) atoms. The van der Waals surface area contributed by atoms with Gasteiger partial charge in [-0.05, 0) is 42.9 Å². The maximum atomic E-state index is 12.7. The van der Waals surface area contributed by atoms with Crippen LogP contribution in [0.4, 0.5) is 4.39 Å². The molecule has 1 atom stereocenters. The lowest BCUT2D eigenvalue weighted by Crippen LogP contribution is -2.24. The Morgan fingerprint density at radius 3 is 2.38 bits per heavy atom. The van der Waals surface area contributed by atoms with Crippen LogP contribution in [-0.4, -0.2) is 11.2 Å². The standard InChI is InChI=1S/C14H19FO/c15-13-8-6-11(7-9-13)10-14(16)12-4-2-1-3-5-12/h6-9,12,14,16H,1-5,10H2. The van der Waals surface area contributed by atoms with Crippen molar-refractivity contribution in [2.45, 2.75) is 44.6 Å². The van der Waals surface area contributed by atoms with Crippen molar-refractivity contribution >= 4 is 0 Å². The molecule has 0 spiro atoms. The van der Waals surface area contributed by atoms with E-state index in [1.807, 2.05) is 0 Å². The van der Waals surface area contributed by atoms with Crippen LogP contribution in [0.15, 0.2) is 24.3 Å². The Kier molecular flexibility index (Phi) is 3.94. The fourth-order valence-electron chi connectivity index (χ4n) is 2.55. The van der Waals surface area contributed by atoms with Crippen LogP contribution in [0.25, 0.3) is 0 Å². The molecular weight excluding hydrogens is 203 g/mol. The van der Waals surface area contributed by atoms with Crippen molar-refractivity contribution in [3.63, 3.8) is 0 Å². The van der Waals surface area contributed by atoms with E-state index in [2.05, 4.69) is 0 Å². The number of hydrogen-bond donors (Lipinski definition) is 1. The van der Waals surface area contributed by atoms with Crippen molar-refractivity contribution in [2.75, 3.05) is 0 Å². The average molecular weight is 222 g/mol. The third-order valence-electron chi connectivity index (χ3n) is 3.55. The minimum Gasteiger partial charge on any atom is -0.392 e. The van der Waals surface area contributed by atoms with Gasteiger partial charge in [-0.2, -0.15) is 0 Å². The van der Waals surface area contributed by atoms with Crippen LogP contribution in [0.2, 0.25) is 0 Å². The zero-order valence-electron chi connectivity index (χ0n) is 9.53. The highest BCUT2D eigenvalue weighted by Crippen LogP contribution is 2.27. The SMILES string of the molecule is OC(Cc1ccc(F)cc1)C1CCCCC1. The molecule has 0 aliphatic heterocycles. The molecule has 1 saturated carbocycles. The number of benzene rings is 1. The van der Waals surface area contributed by atoms with Crippen molar-refractivity contribution < 1.29 is 9.50 Å². The molecule has 1 nitrogen and oxygen atoms in total. The monoisotopic (exact) mass is 222 g/mol. The van der Waals surface area contributed by atoms with Gasteiger partial charge in [0.2, 0.25) is 0 Å². The van der Waals surface area contributed by atoms with Gasteiger partial charge in [-0.25, -0.2) is 4.39 Å². The zero-order chi connectivity index (χ0) is 11.4. The molecule has 1 unspecified atom stereocenters. The first-order chi connectivity index (χ1) is 7.75. The Bertz CT molecular complexity index is 314. The van der Waals surface area contributed by atoms with Crippen LogP contribution in [0.1, 0.15) is 37.7 Å². The molecule has 1 aromatic carbocycles. The van der Waals surface area contributed by atoms with Crippen LogP contribution in [0.5, 0.6) is 0 Å². The third-order valence-corrected chi connectivity index (χ3v) is 3.55. The minimum absolute atomic E-state index is 0.212. The van der Waals surface area contributed by atoms with Gasteiger partial charge in [-0.15, -0.1) is 0 Å². The summed E-state index contributed by atoms with van der Waals surface area (Å²) in [5.74, 6) is 0.231. The van der Waals surface area contributed by atoms with Crippen molar-refractivity contribution in [3.8, 4) is 0 Å². The summed E-state index contributed by atoms with van der Waals surface area (Å²) in [5.41, 5.74) is 1.03. The summed E-state index contributed by atoms with van der Waals surface area (Å²) >= 11 is 0. The number of aliphatic hydroxyl groups excluding tert-OH is 1. The lowest BCUT2D eigenvalue weighted by atomic mass is 9.83. The normalized spacial score (nSPS) is 19.6. The lowest BCUT2D eigenvalue weighted by Gasteiger charge is -2.26. The molecule has 0 amide bonds. The topological polar surface area (TPSA) is 20.2 Å². The van der Waals surface area contributed by atoms with E-state index in [9.17, 15) is 9.50 Å². The summed E-state index contributed by atoms with van der Waals surface area (Å²) in [6.45, 7) is 0. The van der Waals surface area contributed by atoms with E-state index in [0.29, 0.717) is 12.3 Å². The van der Waals surface area contributed by atoms with Crippen molar-refractivity contribution in [1.29, 1.82) is 0 Å². The predicted octanol–water partition coefficient (Wildman–Crippen LogP) is 3.31. The van der Waals surface area contributed by atoms with Crippen LogP contribution < -0.4 is 0 Å². The van der Waals surface area contributed by atoms with Gasteiger partial charge in [0.15, 0.2) is 0 Å². The van der Waals surface area contributed by atoms with Crippen LogP contribution in [0.3, 0.4) is 0 Å². The second-order valence-electron chi connectivity index (χ2n) is 4.80. The number of aliphatic hydroxyl groups is 1. The van der Waals surface area contributed by atoms with Gasteiger partial charge in [0.25, 0.3) is 0 Å². The Balaban J connectivity index is 1.90. The van der Waals surface area contributed by atoms with E-state index >= 15 is 0 Å². The van der Waals surface area contributed by atoms with Crippen molar-refractivity contribution in [3.05, 3.63) is 35.6 Å². The predicted molar refractivity (Wildman–Crippen MR) is 62.7 cm³/mol. The zero-order valence-corrected chi connectivity index (χ0v) is 9.53. The first-order valence-electron chi connectivity index (χ1n) is 6.18. The second-order valence-corrected chi connectivity index (χ2v) is 4.80. The van der Waals surface area contributed by atoms with Crippen LogP contribution in [0, 0.1) is 11.7 Å². The molecule has 0 heterocycles. The van der Waals surface area contributed by atoms with E-state index < -0.39 is 0 Å². The molecule has 1 N–H and O–H groups in total. The van der Waals surface area contributed by atoms with Gasteiger partial charge in [-0.3, -0.25) is 0 Å². The minimum atomic E-state index is -0.259. The van der Waals surface area contributed by atoms with Crippen molar-refractivity contribution in [2.24, 2.45) is 5.92 Å². The Morgan fingerprint density at radius 1 is 1.12 bits per heavy atom. The summed E-state index contributed by atoms with van der Waals surface area (Å²) in [5, 5.41) is 10.1. The first kappa shape index (κ1) is 11.6. The fraction of sp³-hybridized carbons (Fsp3) is 0.571. The van der Waals surface area contributed by atoms with Gasteiger partial charge >= 0.3 is 0 Å². The lowest BCUT2D eigenvalue weighted by molar-refractivity contribution is 0.0851. The summed E-state index contributed by atoms with van der Waals surface area (Å²) in [7, 11) is 0. The number of hydrogen-bond acceptors (Lipinski definition) is 1. The van der Waals surface area contributed by atoms with Crippen LogP contribution in [-0.2, 0) is 6.42 Å². The highest BCUT2D eigenvalue weighted by atomic mass is 19.1. The molecule has 0 bridgehead atoms. The highest BCUT2D eigenvalue weighted by molar-refractivity contribution is 5.17. The molecule has 88 valence electrons. The quantitative estimate of drug-likeness (QED) is 0.832. The van der Waals surface area contributed by atoms with Gasteiger partial charge < -0.3 is 5.11 Å². The Labute approximate surface area is 96.3 Å². The largest absolute Gasteiger partial charge is 0.392 e. The first-order valence-corrected chi connectivity index (χ1v) is 6.18. The highest BCUT2D eigenvalue weighted by Gasteiger charge is 2.21. The van der Waals surface area contributed by atoms with E-state index in [1.54, 1.807) is 12.1 Å². The molecule has 1 aromatic rings. The van der Waals surface area contributed by atoms with Gasteiger partial charge in [0, 0.05) is 0 Å². The van der Waals surface area contributed by atoms with Gasteiger partial charge in [0.05, 0.1) is 6.10 Å². The molecule has 1 aliphatic rings. The Morgan fingerprint density at radius 2 is 1.75 bits per heavy atom. The second kappa shape index (κ2) is 5.44. The maximum absolute atomic E-state index is 12.7. The Hall–Kier alpha value is -0.890. The smallest absolute Gasteiger partial charge is 0.123 e. The molecule has 0 aromatic heterocycles. The molecule has 2 rings (SSSR count). The summed E-state index contributed by atoms with van der Waals surface area (Å²) < 4.78 is 12.7. The summed E-state index contributed by atoms with van der Waals surface area (Å²) in [4.78, 5) is 0. The summed E-state index contributed by atoms with van der Waals surface area (Å²) in [6, 6.07) is 6.45. The number of rotatable bonds is 3. The van der Waals surface area contributed by atoms with E-state index in [1.165, 1.54) is 31.4 Å². The fourth-order valence-corrected chi connectivity index (χ4v) is 2.55. The van der Waals surface area contributed by atoms with E-state index in [-0.39, 0.29) is 11.9 Å². The molecular formula is C14H19FO. The van der Waals surface area contributed by atoms with Crippen LogP contribution >= 0.6 is 0 Å². The van der Waals surface area contributed by atoms with Gasteiger partial charge in [-0.1, -0.05) is 31.4 Å². The summed E-state index contributed by atoms with van der Waals surface area (Å²) in [6.07, 6.45) is 6.47. The third kappa shape index (κ3) is 3.05. The number of halogens is 1.